The van der Waals surface area contributed by atoms with Gasteiger partial charge in [0.1, 0.15) is 11.8 Å². The van der Waals surface area contributed by atoms with E-state index in [9.17, 15) is 9.59 Å². The van der Waals surface area contributed by atoms with Crippen molar-refractivity contribution in [3.8, 4) is 0 Å². The molecular formula is C11H16N2O4. The summed E-state index contributed by atoms with van der Waals surface area (Å²) in [4.78, 5) is 22.7. The molecule has 6 nitrogen and oxygen atoms in total. The van der Waals surface area contributed by atoms with Crippen molar-refractivity contribution in [3.63, 3.8) is 0 Å². The first-order valence-corrected chi connectivity index (χ1v) is 5.41. The van der Waals surface area contributed by atoms with Crippen LogP contribution in [0.3, 0.4) is 0 Å². The summed E-state index contributed by atoms with van der Waals surface area (Å²) in [5.41, 5.74) is -0.748. The van der Waals surface area contributed by atoms with Gasteiger partial charge in [0, 0.05) is 6.07 Å². The minimum Gasteiger partial charge on any atom is -0.480 e. The van der Waals surface area contributed by atoms with Gasteiger partial charge in [0.05, 0.1) is 12.1 Å². The molecule has 0 spiro atoms. The lowest BCUT2D eigenvalue weighted by molar-refractivity contribution is -0.147. The smallest absolute Gasteiger partial charge is 0.329 e. The fourth-order valence-electron chi connectivity index (χ4n) is 1.57. The third kappa shape index (κ3) is 3.58. The van der Waals surface area contributed by atoms with Crippen LogP contribution in [0, 0.1) is 0 Å². The largest absolute Gasteiger partial charge is 0.480 e. The standard InChI is InChI=1S/C11H16N2O4/c1-3-5-11(2,10(15)16)12-9(14)7-8-4-6-17-13-8/h4,6H,3,5,7H2,1-2H3,(H,12,14)(H,15,16). The average Bonchev–Trinajstić information content (AvgIpc) is 2.70. The van der Waals surface area contributed by atoms with Crippen LogP contribution in [0.25, 0.3) is 0 Å². The molecule has 1 aromatic rings. The monoisotopic (exact) mass is 240 g/mol. The van der Waals surface area contributed by atoms with Crippen LogP contribution < -0.4 is 5.32 Å². The summed E-state index contributed by atoms with van der Waals surface area (Å²) >= 11 is 0. The van der Waals surface area contributed by atoms with E-state index in [1.807, 2.05) is 6.92 Å². The maximum Gasteiger partial charge on any atom is 0.329 e. The molecule has 1 rings (SSSR count). The van der Waals surface area contributed by atoms with Gasteiger partial charge >= 0.3 is 5.97 Å². The fraction of sp³-hybridized carbons (Fsp3) is 0.545. The number of hydrogen-bond donors (Lipinski definition) is 2. The minimum atomic E-state index is -1.23. The summed E-state index contributed by atoms with van der Waals surface area (Å²) in [6, 6.07) is 1.57. The number of amides is 1. The van der Waals surface area contributed by atoms with Gasteiger partial charge in [-0.2, -0.15) is 0 Å². The van der Waals surface area contributed by atoms with E-state index in [2.05, 4.69) is 15.0 Å². The number of aromatic nitrogens is 1. The van der Waals surface area contributed by atoms with E-state index in [0.29, 0.717) is 18.5 Å². The third-order valence-electron chi connectivity index (χ3n) is 2.47. The highest BCUT2D eigenvalue weighted by Gasteiger charge is 2.33. The van der Waals surface area contributed by atoms with Crippen molar-refractivity contribution in [1.29, 1.82) is 0 Å². The second kappa shape index (κ2) is 5.47. The topological polar surface area (TPSA) is 92.4 Å². The Morgan fingerprint density at radius 2 is 2.29 bits per heavy atom. The first kappa shape index (κ1) is 13.2. The summed E-state index contributed by atoms with van der Waals surface area (Å²) in [6.07, 6.45) is 2.44. The predicted octanol–water partition coefficient (Wildman–Crippen LogP) is 0.977. The van der Waals surface area contributed by atoms with Crippen molar-refractivity contribution < 1.29 is 19.2 Å². The summed E-state index contributed by atoms with van der Waals surface area (Å²) in [7, 11) is 0. The Hall–Kier alpha value is -1.85. The van der Waals surface area contributed by atoms with Crippen molar-refractivity contribution in [2.45, 2.75) is 38.6 Å². The molecule has 1 unspecified atom stereocenters. The van der Waals surface area contributed by atoms with E-state index < -0.39 is 11.5 Å². The summed E-state index contributed by atoms with van der Waals surface area (Å²) < 4.78 is 4.59. The van der Waals surface area contributed by atoms with Gasteiger partial charge in [-0.1, -0.05) is 18.5 Å². The van der Waals surface area contributed by atoms with Crippen LogP contribution in [-0.2, 0) is 16.0 Å². The molecular weight excluding hydrogens is 224 g/mol. The van der Waals surface area contributed by atoms with Gasteiger partial charge in [0.2, 0.25) is 5.91 Å². The van der Waals surface area contributed by atoms with E-state index in [1.165, 1.54) is 13.2 Å². The number of hydrogen-bond acceptors (Lipinski definition) is 4. The van der Waals surface area contributed by atoms with Crippen LogP contribution in [-0.4, -0.2) is 27.7 Å². The molecule has 0 aliphatic heterocycles. The lowest BCUT2D eigenvalue weighted by Gasteiger charge is -2.25. The number of carboxylic acid groups (broad SMARTS) is 1. The second-order valence-corrected chi connectivity index (χ2v) is 4.10. The molecule has 0 saturated heterocycles. The summed E-state index contributed by atoms with van der Waals surface area (Å²) in [5.74, 6) is -1.41. The normalized spacial score (nSPS) is 14.0. The molecule has 1 atom stereocenters. The van der Waals surface area contributed by atoms with Gasteiger partial charge < -0.3 is 14.9 Å². The van der Waals surface area contributed by atoms with Crippen molar-refractivity contribution in [1.82, 2.24) is 10.5 Å². The van der Waals surface area contributed by atoms with E-state index in [1.54, 1.807) is 6.07 Å². The van der Waals surface area contributed by atoms with Crippen LogP contribution in [0.2, 0.25) is 0 Å². The average molecular weight is 240 g/mol. The van der Waals surface area contributed by atoms with Gasteiger partial charge in [-0.05, 0) is 13.3 Å². The predicted molar refractivity (Wildman–Crippen MR) is 59.3 cm³/mol. The van der Waals surface area contributed by atoms with Crippen molar-refractivity contribution >= 4 is 11.9 Å². The fourth-order valence-corrected chi connectivity index (χ4v) is 1.57. The highest BCUT2D eigenvalue weighted by molar-refractivity contribution is 5.87. The molecule has 94 valence electrons. The molecule has 2 N–H and O–H groups in total. The highest BCUT2D eigenvalue weighted by atomic mass is 16.5. The van der Waals surface area contributed by atoms with E-state index >= 15 is 0 Å². The van der Waals surface area contributed by atoms with Crippen LogP contribution in [0.1, 0.15) is 32.4 Å². The summed E-state index contributed by atoms with van der Waals surface area (Å²) in [6.45, 7) is 3.37. The van der Waals surface area contributed by atoms with Crippen molar-refractivity contribution in [2.75, 3.05) is 0 Å². The molecule has 6 heteroatoms. The SMILES string of the molecule is CCCC(C)(NC(=O)Cc1ccon1)C(=O)O. The minimum absolute atomic E-state index is 0.0169. The Balaban J connectivity index is 2.61. The number of carbonyl (C=O) groups excluding carboxylic acids is 1. The first-order chi connectivity index (χ1) is 7.98. The first-order valence-electron chi connectivity index (χ1n) is 5.41. The Labute approximate surface area is 99.0 Å². The Morgan fingerprint density at radius 1 is 1.59 bits per heavy atom. The second-order valence-electron chi connectivity index (χ2n) is 4.10. The Morgan fingerprint density at radius 3 is 2.76 bits per heavy atom. The molecule has 0 fully saturated rings. The molecule has 1 amide bonds. The van der Waals surface area contributed by atoms with Gasteiger partial charge in [-0.15, -0.1) is 0 Å². The molecule has 1 heterocycles. The molecule has 0 bridgehead atoms. The number of nitrogens with zero attached hydrogens (tertiary/aromatic N) is 1. The Bertz CT molecular complexity index is 388. The Kier molecular flexibility index (Phi) is 4.25. The van der Waals surface area contributed by atoms with Crippen LogP contribution in [0.15, 0.2) is 16.9 Å². The van der Waals surface area contributed by atoms with Crippen LogP contribution in [0.4, 0.5) is 0 Å². The van der Waals surface area contributed by atoms with E-state index in [4.69, 9.17) is 5.11 Å². The van der Waals surface area contributed by atoms with Crippen LogP contribution in [0.5, 0.6) is 0 Å². The number of carbonyl (C=O) groups is 2. The maximum atomic E-state index is 11.6. The lowest BCUT2D eigenvalue weighted by atomic mass is 9.96. The maximum absolute atomic E-state index is 11.6. The van der Waals surface area contributed by atoms with Gasteiger partial charge in [-0.3, -0.25) is 4.79 Å². The summed E-state index contributed by atoms with van der Waals surface area (Å²) in [5, 5.41) is 15.2. The van der Waals surface area contributed by atoms with Crippen LogP contribution >= 0.6 is 0 Å². The van der Waals surface area contributed by atoms with Gasteiger partial charge in [0.25, 0.3) is 0 Å². The zero-order valence-corrected chi connectivity index (χ0v) is 9.90. The molecule has 17 heavy (non-hydrogen) atoms. The molecule has 1 aromatic heterocycles. The number of nitrogens with one attached hydrogen (secondary N) is 1. The highest BCUT2D eigenvalue weighted by Crippen LogP contribution is 2.13. The van der Waals surface area contributed by atoms with Crippen molar-refractivity contribution in [2.24, 2.45) is 0 Å². The quantitative estimate of drug-likeness (QED) is 0.773. The number of aliphatic carboxylic acids is 1. The number of rotatable bonds is 6. The zero-order valence-electron chi connectivity index (χ0n) is 9.90. The van der Waals surface area contributed by atoms with E-state index in [0.717, 1.165) is 0 Å². The zero-order chi connectivity index (χ0) is 12.9. The van der Waals surface area contributed by atoms with E-state index in [-0.39, 0.29) is 12.3 Å². The van der Waals surface area contributed by atoms with Gasteiger partial charge in [0.15, 0.2) is 0 Å². The molecule has 0 aliphatic rings. The van der Waals surface area contributed by atoms with Gasteiger partial charge in [-0.25, -0.2) is 4.79 Å². The third-order valence-corrected chi connectivity index (χ3v) is 2.47. The molecule has 0 radical (unpaired) electrons. The van der Waals surface area contributed by atoms with Crippen molar-refractivity contribution in [3.05, 3.63) is 18.0 Å². The lowest BCUT2D eigenvalue weighted by Crippen LogP contribution is -2.52. The number of carboxylic acids is 1. The molecule has 0 aliphatic carbocycles. The molecule has 0 saturated carbocycles. The molecule has 0 aromatic carbocycles.